The molecule has 20 heavy (non-hydrogen) atoms. The van der Waals surface area contributed by atoms with Crippen molar-refractivity contribution < 1.29 is 0 Å². The molecule has 1 atom stereocenters. The third-order valence-corrected chi connectivity index (χ3v) is 4.15. The van der Waals surface area contributed by atoms with E-state index in [4.69, 9.17) is 29.0 Å². The van der Waals surface area contributed by atoms with E-state index in [1.165, 1.54) is 16.7 Å². The molecular formula is C16H18Cl2N2. The zero-order valence-corrected chi connectivity index (χ0v) is 13.1. The van der Waals surface area contributed by atoms with Crippen LogP contribution in [0.2, 0.25) is 10.0 Å². The van der Waals surface area contributed by atoms with E-state index >= 15 is 0 Å². The molecule has 0 aromatic heterocycles. The minimum Gasteiger partial charge on any atom is -0.271 e. The molecule has 0 fully saturated rings. The molecule has 0 heterocycles. The van der Waals surface area contributed by atoms with Crippen molar-refractivity contribution in [2.24, 2.45) is 5.84 Å². The Morgan fingerprint density at radius 1 is 1.10 bits per heavy atom. The van der Waals surface area contributed by atoms with Crippen molar-refractivity contribution in [3.63, 3.8) is 0 Å². The second-order valence-electron chi connectivity index (χ2n) is 4.96. The first kappa shape index (κ1) is 15.3. The van der Waals surface area contributed by atoms with Crippen molar-refractivity contribution in [1.29, 1.82) is 0 Å². The predicted molar refractivity (Wildman–Crippen MR) is 86.1 cm³/mol. The summed E-state index contributed by atoms with van der Waals surface area (Å²) in [7, 11) is 0. The van der Waals surface area contributed by atoms with Crippen LogP contribution in [0.3, 0.4) is 0 Å². The van der Waals surface area contributed by atoms with Gasteiger partial charge in [-0.05, 0) is 54.7 Å². The Labute approximate surface area is 129 Å². The van der Waals surface area contributed by atoms with Crippen molar-refractivity contribution in [1.82, 2.24) is 5.43 Å². The molecule has 4 heteroatoms. The Balaban J connectivity index is 2.34. The van der Waals surface area contributed by atoms with Crippen LogP contribution in [-0.4, -0.2) is 0 Å². The lowest BCUT2D eigenvalue weighted by Gasteiger charge is -2.20. The topological polar surface area (TPSA) is 38.0 Å². The van der Waals surface area contributed by atoms with Gasteiger partial charge < -0.3 is 0 Å². The van der Waals surface area contributed by atoms with Crippen LogP contribution in [0.5, 0.6) is 0 Å². The molecule has 0 radical (unpaired) electrons. The number of benzene rings is 2. The van der Waals surface area contributed by atoms with Gasteiger partial charge in [-0.3, -0.25) is 11.3 Å². The van der Waals surface area contributed by atoms with E-state index in [1.54, 1.807) is 6.07 Å². The summed E-state index contributed by atoms with van der Waals surface area (Å²) in [6.45, 7) is 4.22. The zero-order valence-electron chi connectivity index (χ0n) is 11.6. The minimum atomic E-state index is -0.0421. The van der Waals surface area contributed by atoms with Crippen LogP contribution in [-0.2, 0) is 6.42 Å². The van der Waals surface area contributed by atoms with Gasteiger partial charge in [0.1, 0.15) is 0 Å². The van der Waals surface area contributed by atoms with E-state index < -0.39 is 0 Å². The van der Waals surface area contributed by atoms with Gasteiger partial charge in [0.2, 0.25) is 0 Å². The number of hydrogen-bond acceptors (Lipinski definition) is 2. The molecular weight excluding hydrogens is 291 g/mol. The van der Waals surface area contributed by atoms with Gasteiger partial charge in [0, 0.05) is 10.0 Å². The average Bonchev–Trinajstić information content (AvgIpc) is 2.40. The van der Waals surface area contributed by atoms with Crippen LogP contribution >= 0.6 is 23.2 Å². The molecule has 106 valence electrons. The first-order valence-corrected chi connectivity index (χ1v) is 7.24. The Hall–Kier alpha value is -1.06. The smallest absolute Gasteiger partial charge is 0.0515 e. The standard InChI is InChI=1S/C16H18Cl2N2/c1-10-4-3-5-11(2)14(10)9-16(20-19)13-7-6-12(17)8-15(13)18/h3-8,16,20H,9,19H2,1-2H3. The molecule has 0 saturated carbocycles. The van der Waals surface area contributed by atoms with Crippen LogP contribution in [0, 0.1) is 13.8 Å². The second-order valence-corrected chi connectivity index (χ2v) is 5.80. The Morgan fingerprint density at radius 3 is 2.30 bits per heavy atom. The van der Waals surface area contributed by atoms with Crippen LogP contribution in [0.25, 0.3) is 0 Å². The summed E-state index contributed by atoms with van der Waals surface area (Å²) < 4.78 is 0. The van der Waals surface area contributed by atoms with E-state index in [-0.39, 0.29) is 6.04 Å². The number of halogens is 2. The summed E-state index contributed by atoms with van der Waals surface area (Å²) in [6, 6.07) is 11.7. The fourth-order valence-electron chi connectivity index (χ4n) is 2.42. The number of hydrazine groups is 1. The first-order valence-electron chi connectivity index (χ1n) is 6.49. The molecule has 0 amide bonds. The Kier molecular flexibility index (Phi) is 5.06. The van der Waals surface area contributed by atoms with Crippen molar-refractivity contribution in [2.75, 3.05) is 0 Å². The molecule has 2 aromatic rings. The van der Waals surface area contributed by atoms with Gasteiger partial charge in [-0.1, -0.05) is 47.5 Å². The molecule has 0 saturated heterocycles. The summed E-state index contributed by atoms with van der Waals surface area (Å²) in [5.41, 5.74) is 7.63. The largest absolute Gasteiger partial charge is 0.271 e. The number of aryl methyl sites for hydroxylation is 2. The monoisotopic (exact) mass is 308 g/mol. The third kappa shape index (κ3) is 3.33. The number of hydrogen-bond donors (Lipinski definition) is 2. The van der Waals surface area contributed by atoms with Crippen LogP contribution < -0.4 is 11.3 Å². The van der Waals surface area contributed by atoms with Crippen LogP contribution in [0.4, 0.5) is 0 Å². The molecule has 0 bridgehead atoms. The number of nitrogens with one attached hydrogen (secondary N) is 1. The molecule has 1 unspecified atom stereocenters. The number of nitrogens with two attached hydrogens (primary N) is 1. The lowest BCUT2D eigenvalue weighted by atomic mass is 9.93. The van der Waals surface area contributed by atoms with Crippen molar-refractivity contribution in [3.05, 3.63) is 68.7 Å². The van der Waals surface area contributed by atoms with E-state index in [9.17, 15) is 0 Å². The molecule has 0 aliphatic rings. The summed E-state index contributed by atoms with van der Waals surface area (Å²) >= 11 is 12.2. The maximum absolute atomic E-state index is 6.27. The molecule has 2 rings (SSSR count). The Bertz CT molecular complexity index is 591. The summed E-state index contributed by atoms with van der Waals surface area (Å²) in [5, 5.41) is 1.26. The SMILES string of the molecule is Cc1cccc(C)c1CC(NN)c1ccc(Cl)cc1Cl. The van der Waals surface area contributed by atoms with Gasteiger partial charge in [-0.15, -0.1) is 0 Å². The normalized spacial score (nSPS) is 12.4. The lowest BCUT2D eigenvalue weighted by molar-refractivity contribution is 0.550. The van der Waals surface area contributed by atoms with Crippen molar-refractivity contribution >= 4 is 23.2 Å². The summed E-state index contributed by atoms with van der Waals surface area (Å²) in [6.07, 6.45) is 0.788. The second kappa shape index (κ2) is 6.59. The molecule has 2 nitrogen and oxygen atoms in total. The van der Waals surface area contributed by atoms with Gasteiger partial charge in [0.25, 0.3) is 0 Å². The van der Waals surface area contributed by atoms with E-state index in [0.29, 0.717) is 10.0 Å². The molecule has 0 aliphatic carbocycles. The summed E-state index contributed by atoms with van der Waals surface area (Å²) in [5.74, 6) is 5.72. The lowest BCUT2D eigenvalue weighted by Crippen LogP contribution is -2.30. The first-order chi connectivity index (χ1) is 9.52. The van der Waals surface area contributed by atoms with Crippen LogP contribution in [0.1, 0.15) is 28.3 Å². The molecule has 2 aromatic carbocycles. The van der Waals surface area contributed by atoms with E-state index in [2.05, 4.69) is 37.5 Å². The van der Waals surface area contributed by atoms with Gasteiger partial charge >= 0.3 is 0 Å². The summed E-state index contributed by atoms with van der Waals surface area (Å²) in [4.78, 5) is 0. The van der Waals surface area contributed by atoms with E-state index in [0.717, 1.165) is 12.0 Å². The fourth-order valence-corrected chi connectivity index (χ4v) is 2.96. The van der Waals surface area contributed by atoms with Crippen molar-refractivity contribution in [3.8, 4) is 0 Å². The van der Waals surface area contributed by atoms with Crippen LogP contribution in [0.15, 0.2) is 36.4 Å². The predicted octanol–water partition coefficient (Wildman–Crippen LogP) is 4.36. The molecule has 3 N–H and O–H groups in total. The molecule has 0 spiro atoms. The Morgan fingerprint density at radius 2 is 1.75 bits per heavy atom. The maximum Gasteiger partial charge on any atom is 0.0515 e. The highest BCUT2D eigenvalue weighted by Gasteiger charge is 2.16. The number of rotatable bonds is 4. The quantitative estimate of drug-likeness (QED) is 0.650. The third-order valence-electron chi connectivity index (χ3n) is 3.59. The van der Waals surface area contributed by atoms with Crippen molar-refractivity contribution in [2.45, 2.75) is 26.3 Å². The fraction of sp³-hybridized carbons (Fsp3) is 0.250. The van der Waals surface area contributed by atoms with Gasteiger partial charge in [0.05, 0.1) is 6.04 Å². The average molecular weight is 309 g/mol. The zero-order chi connectivity index (χ0) is 14.7. The highest BCUT2D eigenvalue weighted by molar-refractivity contribution is 6.35. The van der Waals surface area contributed by atoms with Gasteiger partial charge in [0.15, 0.2) is 0 Å². The highest BCUT2D eigenvalue weighted by atomic mass is 35.5. The molecule has 0 aliphatic heterocycles. The van der Waals surface area contributed by atoms with Gasteiger partial charge in [-0.25, -0.2) is 0 Å². The highest BCUT2D eigenvalue weighted by Crippen LogP contribution is 2.29. The maximum atomic E-state index is 6.27. The minimum absolute atomic E-state index is 0.0421. The van der Waals surface area contributed by atoms with Gasteiger partial charge in [-0.2, -0.15) is 0 Å². The van der Waals surface area contributed by atoms with E-state index in [1.807, 2.05) is 12.1 Å².